The third kappa shape index (κ3) is 2.70. The highest BCUT2D eigenvalue weighted by Crippen LogP contribution is 2.22. The summed E-state index contributed by atoms with van der Waals surface area (Å²) < 4.78 is 15.3. The third-order valence-electron chi connectivity index (χ3n) is 3.07. The van der Waals surface area contributed by atoms with Crippen LogP contribution in [0, 0.1) is 5.82 Å². The van der Waals surface area contributed by atoms with Crippen LogP contribution in [0.15, 0.2) is 24.5 Å². The van der Waals surface area contributed by atoms with Crippen LogP contribution in [-0.2, 0) is 6.54 Å². The molecule has 114 valence electrons. The molecule has 22 heavy (non-hydrogen) atoms. The predicted molar refractivity (Wildman–Crippen MR) is 79.2 cm³/mol. The largest absolute Gasteiger partial charge is 0.395 e. The van der Waals surface area contributed by atoms with Crippen LogP contribution in [-0.4, -0.2) is 43.2 Å². The summed E-state index contributed by atoms with van der Waals surface area (Å²) in [5.74, 6) is 0.0498. The second-order valence-electron chi connectivity index (χ2n) is 4.49. The number of hydrogen-bond acceptors (Lipinski definition) is 6. The van der Waals surface area contributed by atoms with Crippen molar-refractivity contribution >= 4 is 28.6 Å². The molecule has 3 rings (SSSR count). The Hall–Kier alpha value is -2.32. The fourth-order valence-electron chi connectivity index (χ4n) is 2.03. The Labute approximate surface area is 129 Å². The Bertz CT molecular complexity index is 788. The molecule has 0 aliphatic carbocycles. The van der Waals surface area contributed by atoms with Gasteiger partial charge in [0.15, 0.2) is 17.0 Å². The molecule has 0 radical (unpaired) electrons. The van der Waals surface area contributed by atoms with Crippen LogP contribution in [0.4, 0.5) is 10.2 Å². The van der Waals surface area contributed by atoms with Crippen LogP contribution in [0.25, 0.3) is 11.2 Å². The monoisotopic (exact) mass is 322 g/mol. The lowest BCUT2D eigenvalue weighted by Crippen LogP contribution is -2.08. The number of benzene rings is 1. The van der Waals surface area contributed by atoms with Crippen molar-refractivity contribution in [2.75, 3.05) is 18.5 Å². The minimum absolute atomic E-state index is 0.0372. The molecule has 2 aromatic heterocycles. The fourth-order valence-corrected chi connectivity index (χ4v) is 2.26. The van der Waals surface area contributed by atoms with E-state index in [4.69, 9.17) is 16.7 Å². The van der Waals surface area contributed by atoms with Gasteiger partial charge in [0.2, 0.25) is 0 Å². The van der Waals surface area contributed by atoms with Gasteiger partial charge in [-0.1, -0.05) is 22.9 Å². The molecule has 7 nitrogen and oxygen atoms in total. The summed E-state index contributed by atoms with van der Waals surface area (Å²) >= 11 is 6.02. The normalized spacial score (nSPS) is 11.0. The highest BCUT2D eigenvalue weighted by molar-refractivity contribution is 6.31. The maximum absolute atomic E-state index is 13.9. The molecule has 0 atom stereocenters. The van der Waals surface area contributed by atoms with Crippen molar-refractivity contribution in [1.29, 1.82) is 0 Å². The van der Waals surface area contributed by atoms with Gasteiger partial charge in [0.05, 0.1) is 13.2 Å². The van der Waals surface area contributed by atoms with E-state index in [0.717, 1.165) is 0 Å². The molecule has 0 saturated carbocycles. The molecule has 2 N–H and O–H groups in total. The Morgan fingerprint density at radius 2 is 2.18 bits per heavy atom. The zero-order valence-corrected chi connectivity index (χ0v) is 12.1. The molecule has 2 heterocycles. The Balaban J connectivity index is 1.99. The van der Waals surface area contributed by atoms with Crippen LogP contribution >= 0.6 is 11.6 Å². The molecule has 9 heteroatoms. The van der Waals surface area contributed by atoms with Crippen molar-refractivity contribution in [3.8, 4) is 0 Å². The van der Waals surface area contributed by atoms with Crippen LogP contribution < -0.4 is 5.32 Å². The van der Waals surface area contributed by atoms with Gasteiger partial charge in [-0.15, -0.1) is 5.10 Å². The number of anilines is 1. The molecule has 3 aromatic rings. The molecule has 0 unspecified atom stereocenters. The second-order valence-corrected chi connectivity index (χ2v) is 4.90. The number of rotatable bonds is 5. The Morgan fingerprint density at radius 1 is 1.32 bits per heavy atom. The first-order valence-corrected chi connectivity index (χ1v) is 6.90. The summed E-state index contributed by atoms with van der Waals surface area (Å²) in [7, 11) is 0. The van der Waals surface area contributed by atoms with E-state index in [9.17, 15) is 4.39 Å². The minimum atomic E-state index is -0.413. The molecular formula is C13H12ClFN6O. The van der Waals surface area contributed by atoms with Gasteiger partial charge in [-0.25, -0.2) is 19.0 Å². The Morgan fingerprint density at radius 3 is 2.95 bits per heavy atom. The number of nitrogens with one attached hydrogen (secondary N) is 1. The first-order chi connectivity index (χ1) is 10.7. The maximum atomic E-state index is 13.9. The molecule has 1 aromatic carbocycles. The van der Waals surface area contributed by atoms with Gasteiger partial charge in [-0.2, -0.15) is 0 Å². The van der Waals surface area contributed by atoms with Gasteiger partial charge in [0, 0.05) is 17.1 Å². The lowest BCUT2D eigenvalue weighted by molar-refractivity contribution is 0.311. The summed E-state index contributed by atoms with van der Waals surface area (Å²) in [5, 5.41) is 20.1. The zero-order chi connectivity index (χ0) is 15.5. The number of nitrogens with zero attached hydrogens (tertiary/aromatic N) is 5. The number of aliphatic hydroxyl groups is 1. The summed E-state index contributed by atoms with van der Waals surface area (Å²) in [6, 6.07) is 4.49. The summed E-state index contributed by atoms with van der Waals surface area (Å²) in [6.07, 6.45) is 1.35. The van der Waals surface area contributed by atoms with Crippen LogP contribution in [0.2, 0.25) is 5.02 Å². The lowest BCUT2D eigenvalue weighted by atomic mass is 10.2. The minimum Gasteiger partial charge on any atom is -0.395 e. The standard InChI is InChI=1S/C13H12ClFN6O/c14-9-2-1-3-10(15)8(9)6-21-13-11(19-20-21)12(16-4-5-22)17-7-18-13/h1-3,7,22H,4-6H2,(H,16,17,18). The van der Waals surface area contributed by atoms with E-state index in [1.807, 2.05) is 0 Å². The predicted octanol–water partition coefficient (Wildman–Crippen LogP) is 1.47. The molecular weight excluding hydrogens is 311 g/mol. The van der Waals surface area contributed by atoms with Crippen molar-refractivity contribution in [2.45, 2.75) is 6.54 Å². The summed E-state index contributed by atoms with van der Waals surface area (Å²) in [6.45, 7) is 0.404. The Kier molecular flexibility index (Phi) is 4.12. The quantitative estimate of drug-likeness (QED) is 0.739. The molecule has 0 bridgehead atoms. The first kappa shape index (κ1) is 14.6. The van der Waals surface area contributed by atoms with E-state index >= 15 is 0 Å². The van der Waals surface area contributed by atoms with E-state index in [-0.39, 0.29) is 13.2 Å². The van der Waals surface area contributed by atoms with Crippen molar-refractivity contribution in [2.24, 2.45) is 0 Å². The zero-order valence-electron chi connectivity index (χ0n) is 11.4. The number of aromatic nitrogens is 5. The van der Waals surface area contributed by atoms with Crippen LogP contribution in [0.5, 0.6) is 0 Å². The molecule has 0 spiro atoms. The van der Waals surface area contributed by atoms with E-state index in [1.165, 1.54) is 17.1 Å². The molecule has 0 aliphatic heterocycles. The van der Waals surface area contributed by atoms with E-state index in [0.29, 0.717) is 34.1 Å². The summed E-state index contributed by atoms with van der Waals surface area (Å²) in [4.78, 5) is 8.17. The van der Waals surface area contributed by atoms with Gasteiger partial charge in [-0.05, 0) is 12.1 Å². The van der Waals surface area contributed by atoms with E-state index < -0.39 is 5.82 Å². The average Bonchev–Trinajstić information content (AvgIpc) is 2.93. The van der Waals surface area contributed by atoms with Crippen molar-refractivity contribution in [3.63, 3.8) is 0 Å². The molecule has 0 amide bonds. The van der Waals surface area contributed by atoms with Crippen LogP contribution in [0.1, 0.15) is 5.56 Å². The smallest absolute Gasteiger partial charge is 0.184 e. The van der Waals surface area contributed by atoms with Crippen LogP contribution in [0.3, 0.4) is 0 Å². The molecule has 0 aliphatic rings. The van der Waals surface area contributed by atoms with Gasteiger partial charge in [0.1, 0.15) is 12.1 Å². The van der Waals surface area contributed by atoms with Gasteiger partial charge >= 0.3 is 0 Å². The highest BCUT2D eigenvalue weighted by Gasteiger charge is 2.14. The van der Waals surface area contributed by atoms with Gasteiger partial charge in [-0.3, -0.25) is 0 Å². The number of halogens is 2. The topological polar surface area (TPSA) is 88.8 Å². The van der Waals surface area contributed by atoms with Crippen molar-refractivity contribution in [3.05, 3.63) is 40.9 Å². The van der Waals surface area contributed by atoms with Gasteiger partial charge in [0.25, 0.3) is 0 Å². The molecule has 0 saturated heterocycles. The number of aliphatic hydroxyl groups excluding tert-OH is 1. The number of fused-ring (bicyclic) bond motifs is 1. The van der Waals surface area contributed by atoms with Crippen molar-refractivity contribution < 1.29 is 9.50 Å². The lowest BCUT2D eigenvalue weighted by Gasteiger charge is -2.06. The fraction of sp³-hybridized carbons (Fsp3) is 0.231. The third-order valence-corrected chi connectivity index (χ3v) is 3.43. The summed E-state index contributed by atoms with van der Waals surface area (Å²) in [5.41, 5.74) is 1.22. The van der Waals surface area contributed by atoms with E-state index in [1.54, 1.807) is 12.1 Å². The second kappa shape index (κ2) is 6.20. The molecule has 0 fully saturated rings. The first-order valence-electron chi connectivity index (χ1n) is 6.52. The number of hydrogen-bond donors (Lipinski definition) is 2. The van der Waals surface area contributed by atoms with Crippen molar-refractivity contribution in [1.82, 2.24) is 25.0 Å². The maximum Gasteiger partial charge on any atom is 0.184 e. The average molecular weight is 323 g/mol. The SMILES string of the molecule is OCCNc1ncnc2c1nnn2Cc1c(F)cccc1Cl. The van der Waals surface area contributed by atoms with Gasteiger partial charge < -0.3 is 10.4 Å². The highest BCUT2D eigenvalue weighted by atomic mass is 35.5. The van der Waals surface area contributed by atoms with E-state index in [2.05, 4.69) is 25.6 Å².